The maximum absolute atomic E-state index is 11.4. The highest BCUT2D eigenvalue weighted by Crippen LogP contribution is 2.41. The van der Waals surface area contributed by atoms with Gasteiger partial charge in [-0.3, -0.25) is 14.5 Å². The largest absolute Gasteiger partial charge is 0.458 e. The number of carbonyl (C=O) groups excluding carboxylic acids is 2. The molecule has 1 aliphatic heterocycles. The number of nitrogens with zero attached hydrogens (tertiary/aromatic N) is 1. The van der Waals surface area contributed by atoms with E-state index in [0.717, 1.165) is 25.7 Å². The number of hydrogen-bond acceptors (Lipinski definition) is 5. The fourth-order valence-electron chi connectivity index (χ4n) is 4.34. The van der Waals surface area contributed by atoms with Crippen molar-refractivity contribution in [2.75, 3.05) is 13.1 Å². The van der Waals surface area contributed by atoms with E-state index in [-0.39, 0.29) is 24.1 Å². The van der Waals surface area contributed by atoms with Crippen LogP contribution in [0.3, 0.4) is 0 Å². The molecular formula is C18H27NO4. The normalized spacial score (nSPS) is 31.7. The lowest BCUT2D eigenvalue weighted by Crippen LogP contribution is -2.38. The van der Waals surface area contributed by atoms with E-state index >= 15 is 0 Å². The molecule has 0 aromatic rings. The molecule has 3 atom stereocenters. The summed E-state index contributed by atoms with van der Waals surface area (Å²) >= 11 is 0. The van der Waals surface area contributed by atoms with Gasteiger partial charge in [-0.25, -0.2) is 0 Å². The Kier molecular flexibility index (Phi) is 5.05. The molecule has 3 rings (SSSR count). The lowest BCUT2D eigenvalue weighted by atomic mass is 9.89. The van der Waals surface area contributed by atoms with Crippen molar-refractivity contribution in [1.29, 1.82) is 0 Å². The lowest BCUT2D eigenvalue weighted by Gasteiger charge is -2.32. The zero-order valence-electron chi connectivity index (χ0n) is 14.2. The Labute approximate surface area is 138 Å². The Hall–Kier alpha value is -1.36. The molecule has 0 aromatic carbocycles. The van der Waals surface area contributed by atoms with Crippen LogP contribution in [0.1, 0.15) is 58.8 Å². The van der Waals surface area contributed by atoms with E-state index in [9.17, 15) is 9.59 Å². The number of carbonyl (C=O) groups is 2. The molecular weight excluding hydrogens is 294 g/mol. The molecule has 0 N–H and O–H groups in total. The summed E-state index contributed by atoms with van der Waals surface area (Å²) in [5.74, 6) is -0.608. The molecule has 0 bridgehead atoms. The summed E-state index contributed by atoms with van der Waals surface area (Å²) in [6, 6.07) is 0.592. The highest BCUT2D eigenvalue weighted by Gasteiger charge is 2.39. The first kappa shape index (κ1) is 16.5. The lowest BCUT2D eigenvalue weighted by molar-refractivity contribution is -0.165. The van der Waals surface area contributed by atoms with Crippen molar-refractivity contribution >= 4 is 11.9 Å². The predicted octanol–water partition coefficient (Wildman–Crippen LogP) is 2.59. The Balaban J connectivity index is 1.67. The van der Waals surface area contributed by atoms with Crippen molar-refractivity contribution in [2.24, 2.45) is 0 Å². The summed E-state index contributed by atoms with van der Waals surface area (Å²) in [5.41, 5.74) is 2.85. The third kappa shape index (κ3) is 3.94. The highest BCUT2D eigenvalue weighted by molar-refractivity contribution is 5.67. The molecule has 23 heavy (non-hydrogen) atoms. The van der Waals surface area contributed by atoms with Gasteiger partial charge in [0.05, 0.1) is 0 Å². The summed E-state index contributed by atoms with van der Waals surface area (Å²) in [4.78, 5) is 25.3. The van der Waals surface area contributed by atoms with Gasteiger partial charge >= 0.3 is 11.9 Å². The first-order valence-electron chi connectivity index (χ1n) is 8.81. The predicted molar refractivity (Wildman–Crippen MR) is 85.8 cm³/mol. The average Bonchev–Trinajstić information content (AvgIpc) is 2.90. The minimum Gasteiger partial charge on any atom is -0.458 e. The Morgan fingerprint density at radius 1 is 0.826 bits per heavy atom. The van der Waals surface area contributed by atoms with Gasteiger partial charge in [0, 0.05) is 32.7 Å². The van der Waals surface area contributed by atoms with Gasteiger partial charge in [-0.15, -0.1) is 0 Å². The van der Waals surface area contributed by atoms with Gasteiger partial charge in [0.2, 0.25) is 0 Å². The molecule has 3 aliphatic rings. The molecule has 5 nitrogen and oxygen atoms in total. The van der Waals surface area contributed by atoms with Crippen LogP contribution < -0.4 is 0 Å². The summed E-state index contributed by atoms with van der Waals surface area (Å²) < 4.78 is 10.9. The maximum atomic E-state index is 11.4. The average molecular weight is 321 g/mol. The van der Waals surface area contributed by atoms with Crippen LogP contribution in [-0.4, -0.2) is 48.2 Å². The van der Waals surface area contributed by atoms with Crippen molar-refractivity contribution in [1.82, 2.24) is 4.90 Å². The van der Waals surface area contributed by atoms with E-state index in [2.05, 4.69) is 4.90 Å². The standard InChI is InChI=1S/C18H27NO4/c1-12(20)22-17-10-14-8-16(19-6-4-3-5-7-19)9-15(14)11-18(17)23-13(2)21/h16-18H,3-11H2,1-2H3/t16?,17-,18+. The molecule has 1 unspecified atom stereocenters. The number of hydrogen-bond donors (Lipinski definition) is 0. The quantitative estimate of drug-likeness (QED) is 0.591. The summed E-state index contributed by atoms with van der Waals surface area (Å²) in [5, 5.41) is 0. The van der Waals surface area contributed by atoms with E-state index < -0.39 is 0 Å². The third-order valence-electron chi connectivity index (χ3n) is 5.32. The fourth-order valence-corrected chi connectivity index (χ4v) is 4.34. The Morgan fingerprint density at radius 3 is 1.74 bits per heavy atom. The minimum absolute atomic E-state index is 0.304. The van der Waals surface area contributed by atoms with Crippen LogP contribution in [0.4, 0.5) is 0 Å². The van der Waals surface area contributed by atoms with Gasteiger partial charge in [-0.2, -0.15) is 0 Å². The monoisotopic (exact) mass is 321 g/mol. The van der Waals surface area contributed by atoms with E-state index in [0.29, 0.717) is 6.04 Å². The zero-order valence-corrected chi connectivity index (χ0v) is 14.2. The Bertz CT molecular complexity index is 471. The second-order valence-corrected chi connectivity index (χ2v) is 7.07. The fraction of sp³-hybridized carbons (Fsp3) is 0.778. The molecule has 1 fully saturated rings. The van der Waals surface area contributed by atoms with Gasteiger partial charge in [-0.1, -0.05) is 17.6 Å². The number of esters is 2. The van der Waals surface area contributed by atoms with Crippen LogP contribution in [0.2, 0.25) is 0 Å². The smallest absolute Gasteiger partial charge is 0.303 e. The van der Waals surface area contributed by atoms with Gasteiger partial charge in [0.1, 0.15) is 12.2 Å². The number of rotatable bonds is 3. The highest BCUT2D eigenvalue weighted by atomic mass is 16.6. The van der Waals surface area contributed by atoms with Crippen LogP contribution in [0.15, 0.2) is 11.1 Å². The van der Waals surface area contributed by atoms with E-state index in [1.54, 1.807) is 0 Å². The van der Waals surface area contributed by atoms with Gasteiger partial charge < -0.3 is 9.47 Å². The Morgan fingerprint density at radius 2 is 1.30 bits per heavy atom. The first-order chi connectivity index (χ1) is 11.0. The summed E-state index contributed by atoms with van der Waals surface area (Å²) in [6.07, 6.45) is 6.90. The molecule has 0 saturated carbocycles. The molecule has 5 heteroatoms. The molecule has 0 aromatic heterocycles. The van der Waals surface area contributed by atoms with Crippen molar-refractivity contribution < 1.29 is 19.1 Å². The van der Waals surface area contributed by atoms with Crippen LogP contribution in [-0.2, 0) is 19.1 Å². The number of piperidine rings is 1. The van der Waals surface area contributed by atoms with Crippen molar-refractivity contribution in [3.8, 4) is 0 Å². The summed E-state index contributed by atoms with van der Waals surface area (Å²) in [6.45, 7) is 5.23. The van der Waals surface area contributed by atoms with Crippen LogP contribution in [0.25, 0.3) is 0 Å². The van der Waals surface area contributed by atoms with E-state index in [4.69, 9.17) is 9.47 Å². The topological polar surface area (TPSA) is 55.8 Å². The van der Waals surface area contributed by atoms with Gasteiger partial charge in [0.15, 0.2) is 0 Å². The summed E-state index contributed by atoms with van der Waals surface area (Å²) in [7, 11) is 0. The van der Waals surface area contributed by atoms with E-state index in [1.807, 2.05) is 0 Å². The second-order valence-electron chi connectivity index (χ2n) is 7.07. The second kappa shape index (κ2) is 7.04. The molecule has 0 amide bonds. The van der Waals surface area contributed by atoms with Crippen molar-refractivity contribution in [2.45, 2.75) is 77.0 Å². The van der Waals surface area contributed by atoms with E-state index in [1.165, 1.54) is 57.3 Å². The van der Waals surface area contributed by atoms with Crippen molar-refractivity contribution in [3.63, 3.8) is 0 Å². The first-order valence-corrected chi connectivity index (χ1v) is 8.81. The van der Waals surface area contributed by atoms with Crippen LogP contribution in [0, 0.1) is 0 Å². The van der Waals surface area contributed by atoms with Gasteiger partial charge in [-0.05, 0) is 38.8 Å². The van der Waals surface area contributed by atoms with Crippen LogP contribution in [0.5, 0.6) is 0 Å². The molecule has 1 heterocycles. The minimum atomic E-state index is -0.324. The molecule has 128 valence electrons. The third-order valence-corrected chi connectivity index (χ3v) is 5.32. The number of likely N-dealkylation sites (tertiary alicyclic amines) is 1. The SMILES string of the molecule is CC(=O)O[C@H]1CC2=C(CC(N3CCCCC3)C2)C[C@H]1OC(C)=O. The van der Waals surface area contributed by atoms with Crippen molar-refractivity contribution in [3.05, 3.63) is 11.1 Å². The number of ether oxygens (including phenoxy) is 2. The molecule has 0 spiro atoms. The molecule has 1 saturated heterocycles. The molecule has 0 radical (unpaired) electrons. The maximum Gasteiger partial charge on any atom is 0.303 e. The van der Waals surface area contributed by atoms with Gasteiger partial charge in [0.25, 0.3) is 0 Å². The van der Waals surface area contributed by atoms with Crippen LogP contribution >= 0.6 is 0 Å². The zero-order chi connectivity index (χ0) is 16.4. The molecule has 2 aliphatic carbocycles.